The molecule has 1 aromatic rings. The van der Waals surface area contributed by atoms with E-state index >= 15 is 0 Å². The third-order valence-electron chi connectivity index (χ3n) is 4.37. The molecule has 3 nitrogen and oxygen atoms in total. The molecule has 0 amide bonds. The Kier molecular flexibility index (Phi) is 5.55. The zero-order valence-corrected chi connectivity index (χ0v) is 13.7. The predicted octanol–water partition coefficient (Wildman–Crippen LogP) is 4.02. The van der Waals surface area contributed by atoms with Gasteiger partial charge in [0.25, 0.3) is 0 Å². The maximum Gasteiger partial charge on any atom is 0.102 e. The Labute approximate surface area is 131 Å². The average molecular weight is 304 g/mol. The van der Waals surface area contributed by atoms with Crippen molar-refractivity contribution in [2.75, 3.05) is 17.7 Å². The predicted molar refractivity (Wildman–Crippen MR) is 88.6 cm³/mol. The van der Waals surface area contributed by atoms with Gasteiger partial charge < -0.3 is 10.4 Å². The molecule has 2 N–H and O–H groups in total. The summed E-state index contributed by atoms with van der Waals surface area (Å²) >= 11 is 1.68. The summed E-state index contributed by atoms with van der Waals surface area (Å²) < 4.78 is 0. The number of anilines is 1. The van der Waals surface area contributed by atoms with Crippen molar-refractivity contribution in [2.45, 2.75) is 50.0 Å². The smallest absolute Gasteiger partial charge is 0.102 e. The van der Waals surface area contributed by atoms with E-state index in [4.69, 9.17) is 0 Å². The van der Waals surface area contributed by atoms with Gasteiger partial charge in [0, 0.05) is 4.90 Å². The average Bonchev–Trinajstić information content (AvgIpc) is 2.50. The topological polar surface area (TPSA) is 56.0 Å². The zero-order valence-electron chi connectivity index (χ0n) is 12.9. The standard InChI is InChI=1S/C17H24N2OS/c1-3-21-16-6-4-5-15(14(16)11-18)19-17(12-20)9-7-13(2)8-10-17/h4-6,13,19-20H,3,7-10,12H2,1-2H3. The molecule has 0 bridgehead atoms. The van der Waals surface area contributed by atoms with Crippen LogP contribution >= 0.6 is 11.8 Å². The SMILES string of the molecule is CCSc1cccc(NC2(CO)CCC(C)CC2)c1C#N. The Morgan fingerprint density at radius 3 is 2.71 bits per heavy atom. The summed E-state index contributed by atoms with van der Waals surface area (Å²) in [4.78, 5) is 1.02. The van der Waals surface area contributed by atoms with Crippen LogP contribution in [0, 0.1) is 17.2 Å². The van der Waals surface area contributed by atoms with E-state index in [1.54, 1.807) is 11.8 Å². The highest BCUT2D eigenvalue weighted by Gasteiger charge is 2.34. The van der Waals surface area contributed by atoms with Crippen LogP contribution in [-0.4, -0.2) is 23.0 Å². The number of thioether (sulfide) groups is 1. The molecule has 0 spiro atoms. The lowest BCUT2D eigenvalue weighted by atomic mass is 9.77. The van der Waals surface area contributed by atoms with Crippen LogP contribution in [0.3, 0.4) is 0 Å². The lowest BCUT2D eigenvalue weighted by Crippen LogP contribution is -2.45. The summed E-state index contributed by atoms with van der Waals surface area (Å²) in [5, 5.41) is 22.9. The molecule has 1 aliphatic rings. The number of hydrogen-bond donors (Lipinski definition) is 2. The van der Waals surface area contributed by atoms with Crippen molar-refractivity contribution in [2.24, 2.45) is 5.92 Å². The molecule has 1 saturated carbocycles. The second-order valence-electron chi connectivity index (χ2n) is 5.97. The molecule has 0 atom stereocenters. The fraction of sp³-hybridized carbons (Fsp3) is 0.588. The maximum atomic E-state index is 9.87. The first kappa shape index (κ1) is 16.2. The second-order valence-corrected chi connectivity index (χ2v) is 7.28. The molecule has 4 heteroatoms. The van der Waals surface area contributed by atoms with Crippen LogP contribution < -0.4 is 5.32 Å². The van der Waals surface area contributed by atoms with Crippen molar-refractivity contribution in [1.29, 1.82) is 5.26 Å². The van der Waals surface area contributed by atoms with Crippen LogP contribution in [0.1, 0.15) is 45.1 Å². The molecular weight excluding hydrogens is 280 g/mol. The number of nitrogens with one attached hydrogen (secondary N) is 1. The third-order valence-corrected chi connectivity index (χ3v) is 5.31. The largest absolute Gasteiger partial charge is 0.394 e. The number of hydrogen-bond acceptors (Lipinski definition) is 4. The summed E-state index contributed by atoms with van der Waals surface area (Å²) in [5.41, 5.74) is 1.29. The molecule has 0 aliphatic heterocycles. The van der Waals surface area contributed by atoms with Gasteiger partial charge in [-0.25, -0.2) is 0 Å². The summed E-state index contributed by atoms with van der Waals surface area (Å²) in [5.74, 6) is 1.67. The summed E-state index contributed by atoms with van der Waals surface area (Å²) in [6, 6.07) is 8.25. The molecule has 1 fully saturated rings. The van der Waals surface area contributed by atoms with Gasteiger partial charge in [-0.15, -0.1) is 11.8 Å². The fourth-order valence-corrected chi connectivity index (χ4v) is 3.74. The van der Waals surface area contributed by atoms with Crippen LogP contribution in [0.5, 0.6) is 0 Å². The van der Waals surface area contributed by atoms with Crippen LogP contribution in [-0.2, 0) is 0 Å². The molecule has 21 heavy (non-hydrogen) atoms. The number of nitriles is 1. The van der Waals surface area contributed by atoms with Crippen LogP contribution in [0.2, 0.25) is 0 Å². The van der Waals surface area contributed by atoms with Gasteiger partial charge in [-0.05, 0) is 49.5 Å². The number of rotatable bonds is 5. The van der Waals surface area contributed by atoms with E-state index in [9.17, 15) is 10.4 Å². The van der Waals surface area contributed by atoms with Crippen molar-refractivity contribution in [3.8, 4) is 6.07 Å². The minimum absolute atomic E-state index is 0.121. The molecule has 2 rings (SSSR count). The molecule has 1 aromatic carbocycles. The van der Waals surface area contributed by atoms with Crippen molar-refractivity contribution >= 4 is 17.4 Å². The Balaban J connectivity index is 2.26. The van der Waals surface area contributed by atoms with Gasteiger partial charge in [-0.2, -0.15) is 5.26 Å². The van der Waals surface area contributed by atoms with E-state index < -0.39 is 0 Å². The molecular formula is C17H24N2OS. The van der Waals surface area contributed by atoms with Gasteiger partial charge in [0.1, 0.15) is 6.07 Å². The zero-order chi connectivity index (χ0) is 15.3. The van der Waals surface area contributed by atoms with E-state index in [0.29, 0.717) is 5.56 Å². The minimum Gasteiger partial charge on any atom is -0.394 e. The molecule has 114 valence electrons. The lowest BCUT2D eigenvalue weighted by molar-refractivity contribution is 0.155. The van der Waals surface area contributed by atoms with E-state index in [0.717, 1.165) is 47.9 Å². The normalized spacial score (nSPS) is 25.3. The molecule has 0 unspecified atom stereocenters. The number of nitrogens with zero attached hydrogens (tertiary/aromatic N) is 1. The van der Waals surface area contributed by atoms with Crippen molar-refractivity contribution in [3.05, 3.63) is 23.8 Å². The summed E-state index contributed by atoms with van der Waals surface area (Å²) in [7, 11) is 0. The van der Waals surface area contributed by atoms with E-state index in [1.807, 2.05) is 18.2 Å². The summed E-state index contributed by atoms with van der Waals surface area (Å²) in [6.07, 6.45) is 4.17. The van der Waals surface area contributed by atoms with Gasteiger partial charge in [0.05, 0.1) is 23.4 Å². The van der Waals surface area contributed by atoms with Gasteiger partial charge >= 0.3 is 0 Å². The molecule has 0 heterocycles. The molecule has 0 aromatic heterocycles. The first-order chi connectivity index (χ1) is 10.1. The Hall–Kier alpha value is -1.18. The third kappa shape index (κ3) is 3.72. The van der Waals surface area contributed by atoms with Gasteiger partial charge in [0.2, 0.25) is 0 Å². The van der Waals surface area contributed by atoms with Crippen molar-refractivity contribution in [3.63, 3.8) is 0 Å². The monoisotopic (exact) mass is 304 g/mol. The van der Waals surface area contributed by atoms with Gasteiger partial charge in [0.15, 0.2) is 0 Å². The highest BCUT2D eigenvalue weighted by atomic mass is 32.2. The number of aliphatic hydroxyl groups excluding tert-OH is 1. The fourth-order valence-electron chi connectivity index (χ4n) is 2.95. The minimum atomic E-state index is -0.270. The maximum absolute atomic E-state index is 9.87. The Bertz CT molecular complexity index is 516. The van der Waals surface area contributed by atoms with E-state index in [1.165, 1.54) is 0 Å². The van der Waals surface area contributed by atoms with Crippen LogP contribution in [0.4, 0.5) is 5.69 Å². The quantitative estimate of drug-likeness (QED) is 0.807. The second kappa shape index (κ2) is 7.20. The summed E-state index contributed by atoms with van der Waals surface area (Å²) in [6.45, 7) is 4.47. The van der Waals surface area contributed by atoms with Crippen molar-refractivity contribution < 1.29 is 5.11 Å². The first-order valence-corrected chi connectivity index (χ1v) is 8.67. The van der Waals surface area contributed by atoms with Crippen molar-refractivity contribution in [1.82, 2.24) is 0 Å². The lowest BCUT2D eigenvalue weighted by Gasteiger charge is -2.39. The molecule has 1 aliphatic carbocycles. The molecule has 0 radical (unpaired) electrons. The Morgan fingerprint density at radius 1 is 1.43 bits per heavy atom. The van der Waals surface area contributed by atoms with Gasteiger partial charge in [-0.3, -0.25) is 0 Å². The first-order valence-electron chi connectivity index (χ1n) is 7.69. The molecule has 0 saturated heterocycles. The van der Waals surface area contributed by atoms with E-state index in [-0.39, 0.29) is 12.1 Å². The van der Waals surface area contributed by atoms with Gasteiger partial charge in [-0.1, -0.05) is 19.9 Å². The number of aliphatic hydroxyl groups is 1. The Morgan fingerprint density at radius 2 is 2.14 bits per heavy atom. The van der Waals surface area contributed by atoms with Crippen LogP contribution in [0.25, 0.3) is 0 Å². The van der Waals surface area contributed by atoms with E-state index in [2.05, 4.69) is 25.2 Å². The highest BCUT2D eigenvalue weighted by molar-refractivity contribution is 7.99. The number of benzene rings is 1. The highest BCUT2D eigenvalue weighted by Crippen LogP contribution is 2.36. The van der Waals surface area contributed by atoms with Crippen LogP contribution in [0.15, 0.2) is 23.1 Å².